The van der Waals surface area contributed by atoms with Gasteiger partial charge in [0.25, 0.3) is 0 Å². The molecule has 4 atom stereocenters. The Morgan fingerprint density at radius 3 is 2.79 bits per heavy atom. The smallest absolute Gasteiger partial charge is 0.112 e. The molecular weight excluding hydrogens is 234 g/mol. The van der Waals surface area contributed by atoms with E-state index in [-0.39, 0.29) is 0 Å². The first-order valence-electron chi connectivity index (χ1n) is 7.42. The van der Waals surface area contributed by atoms with Gasteiger partial charge in [-0.1, -0.05) is 24.3 Å². The average Bonchev–Trinajstić information content (AvgIpc) is 3.10. The zero-order chi connectivity index (χ0) is 13.1. The summed E-state index contributed by atoms with van der Waals surface area (Å²) in [5, 5.41) is 21.3. The zero-order valence-electron chi connectivity index (χ0n) is 11.1. The number of aryl methyl sites for hydroxylation is 1. The van der Waals surface area contributed by atoms with Crippen LogP contribution in [-0.2, 0) is 11.8 Å². The molecule has 0 spiro atoms. The van der Waals surface area contributed by atoms with Gasteiger partial charge in [-0.05, 0) is 61.5 Å². The van der Waals surface area contributed by atoms with Crippen LogP contribution in [0, 0.1) is 23.2 Å². The van der Waals surface area contributed by atoms with Crippen LogP contribution in [0.15, 0.2) is 24.3 Å². The van der Waals surface area contributed by atoms with Crippen LogP contribution in [0.25, 0.3) is 0 Å². The van der Waals surface area contributed by atoms with Crippen molar-refractivity contribution in [2.75, 3.05) is 0 Å². The van der Waals surface area contributed by atoms with Crippen LogP contribution >= 0.6 is 0 Å². The molecule has 2 saturated carbocycles. The number of hydrogen-bond donors (Lipinski definition) is 1. The van der Waals surface area contributed by atoms with Gasteiger partial charge in [0.2, 0.25) is 0 Å². The summed E-state index contributed by atoms with van der Waals surface area (Å²) >= 11 is 0. The van der Waals surface area contributed by atoms with Crippen molar-refractivity contribution in [1.29, 1.82) is 5.26 Å². The molecular formula is C17H19NO. The first-order chi connectivity index (χ1) is 9.19. The molecule has 2 fully saturated rings. The quantitative estimate of drug-likeness (QED) is 0.836. The molecule has 3 aliphatic rings. The van der Waals surface area contributed by atoms with Crippen molar-refractivity contribution >= 4 is 0 Å². The predicted molar refractivity (Wildman–Crippen MR) is 72.5 cm³/mol. The van der Waals surface area contributed by atoms with E-state index in [2.05, 4.69) is 18.2 Å². The lowest BCUT2D eigenvalue weighted by atomic mass is 9.62. The average molecular weight is 253 g/mol. The minimum atomic E-state index is -0.780. The summed E-state index contributed by atoms with van der Waals surface area (Å²) in [5.74, 6) is 0.983. The molecule has 1 N–H and O–H groups in total. The van der Waals surface area contributed by atoms with E-state index in [1.54, 1.807) is 0 Å². The Balaban J connectivity index is 1.87. The number of nitrogens with zero attached hydrogens (tertiary/aromatic N) is 1. The van der Waals surface area contributed by atoms with E-state index in [9.17, 15) is 10.4 Å². The van der Waals surface area contributed by atoms with Crippen molar-refractivity contribution in [3.8, 4) is 6.07 Å². The minimum Gasteiger partial charge on any atom is -0.388 e. The van der Waals surface area contributed by atoms with Crippen LogP contribution in [0.5, 0.6) is 0 Å². The van der Waals surface area contributed by atoms with Crippen LogP contribution in [0.4, 0.5) is 0 Å². The molecule has 19 heavy (non-hydrogen) atoms. The summed E-state index contributed by atoms with van der Waals surface area (Å²) in [6.07, 6.45) is 6.04. The monoisotopic (exact) mass is 253 g/mol. The van der Waals surface area contributed by atoms with Crippen molar-refractivity contribution in [2.24, 2.45) is 11.8 Å². The summed E-state index contributed by atoms with van der Waals surface area (Å²) in [4.78, 5) is 0. The van der Waals surface area contributed by atoms with E-state index in [0.717, 1.165) is 37.7 Å². The maximum absolute atomic E-state index is 11.4. The molecule has 1 aromatic carbocycles. The Morgan fingerprint density at radius 1 is 1.26 bits per heavy atom. The highest BCUT2D eigenvalue weighted by Crippen LogP contribution is 2.61. The van der Waals surface area contributed by atoms with Crippen LogP contribution < -0.4 is 0 Å². The molecule has 1 aromatic rings. The summed E-state index contributed by atoms with van der Waals surface area (Å²) in [7, 11) is 0. The van der Waals surface area contributed by atoms with Crippen LogP contribution in [0.1, 0.15) is 43.2 Å². The topological polar surface area (TPSA) is 44.0 Å². The van der Waals surface area contributed by atoms with Gasteiger partial charge in [-0.2, -0.15) is 5.26 Å². The van der Waals surface area contributed by atoms with Crippen molar-refractivity contribution in [2.45, 2.75) is 49.5 Å². The van der Waals surface area contributed by atoms with E-state index in [1.807, 2.05) is 12.1 Å². The molecule has 2 heteroatoms. The molecule has 4 rings (SSSR count). The van der Waals surface area contributed by atoms with Crippen molar-refractivity contribution < 1.29 is 5.11 Å². The van der Waals surface area contributed by atoms with Gasteiger partial charge in [-0.3, -0.25) is 0 Å². The van der Waals surface area contributed by atoms with Gasteiger partial charge < -0.3 is 5.11 Å². The van der Waals surface area contributed by atoms with Gasteiger partial charge in [0.1, 0.15) is 5.41 Å². The molecule has 2 nitrogen and oxygen atoms in total. The van der Waals surface area contributed by atoms with E-state index < -0.39 is 11.0 Å². The fraction of sp³-hybridized carbons (Fsp3) is 0.588. The van der Waals surface area contributed by atoms with Crippen molar-refractivity contribution in [3.63, 3.8) is 0 Å². The first-order valence-corrected chi connectivity index (χ1v) is 7.42. The summed E-state index contributed by atoms with van der Waals surface area (Å²) < 4.78 is 0. The molecule has 0 radical (unpaired) electrons. The van der Waals surface area contributed by atoms with Gasteiger partial charge >= 0.3 is 0 Å². The van der Waals surface area contributed by atoms with Crippen molar-refractivity contribution in [1.82, 2.24) is 0 Å². The fourth-order valence-corrected chi connectivity index (χ4v) is 5.10. The lowest BCUT2D eigenvalue weighted by Crippen LogP contribution is -2.53. The highest BCUT2D eigenvalue weighted by Gasteiger charge is 2.63. The Bertz CT molecular complexity index is 575. The molecule has 0 heterocycles. The van der Waals surface area contributed by atoms with Gasteiger partial charge in [-0.15, -0.1) is 0 Å². The van der Waals surface area contributed by atoms with Gasteiger partial charge in [0, 0.05) is 0 Å². The van der Waals surface area contributed by atoms with Gasteiger partial charge in [0.05, 0.1) is 11.7 Å². The van der Waals surface area contributed by atoms with Crippen LogP contribution in [0.2, 0.25) is 0 Å². The summed E-state index contributed by atoms with van der Waals surface area (Å²) in [6, 6.07) is 10.8. The molecule has 0 saturated heterocycles. The Hall–Kier alpha value is -1.33. The summed E-state index contributed by atoms with van der Waals surface area (Å²) in [5.41, 5.74) is 0.938. The second-order valence-corrected chi connectivity index (χ2v) is 6.68. The normalized spacial score (nSPS) is 43.2. The molecule has 4 unspecified atom stereocenters. The standard InChI is InChI=1S/C17H19NO/c18-11-16(8-7-13-3-1-2-4-15(13)16)17(19)10-12-5-6-14(17)9-12/h1-4,12,14,19H,5-10H2. The molecule has 0 amide bonds. The lowest BCUT2D eigenvalue weighted by molar-refractivity contribution is -0.0633. The fourth-order valence-electron chi connectivity index (χ4n) is 5.10. The predicted octanol–water partition coefficient (Wildman–Crippen LogP) is 2.95. The Morgan fingerprint density at radius 2 is 2.11 bits per heavy atom. The van der Waals surface area contributed by atoms with Crippen LogP contribution in [-0.4, -0.2) is 10.7 Å². The molecule has 0 aromatic heterocycles. The van der Waals surface area contributed by atoms with E-state index in [0.29, 0.717) is 11.8 Å². The maximum Gasteiger partial charge on any atom is 0.112 e. The lowest BCUT2D eigenvalue weighted by Gasteiger charge is -2.44. The Kier molecular flexibility index (Phi) is 2.18. The van der Waals surface area contributed by atoms with E-state index in [1.165, 1.54) is 12.0 Å². The molecule has 98 valence electrons. The minimum absolute atomic E-state index is 0.336. The van der Waals surface area contributed by atoms with Crippen LogP contribution in [0.3, 0.4) is 0 Å². The summed E-state index contributed by atoms with van der Waals surface area (Å²) in [6.45, 7) is 0. The van der Waals surface area contributed by atoms with E-state index in [4.69, 9.17) is 0 Å². The number of nitriles is 1. The second kappa shape index (κ2) is 3.61. The van der Waals surface area contributed by atoms with Gasteiger partial charge in [-0.25, -0.2) is 0 Å². The molecule has 0 aliphatic heterocycles. The second-order valence-electron chi connectivity index (χ2n) is 6.68. The zero-order valence-corrected chi connectivity index (χ0v) is 11.1. The SMILES string of the molecule is N#CC1(C2(O)CC3CCC2C3)CCc2ccccc21. The number of aliphatic hydroxyl groups is 1. The number of rotatable bonds is 1. The number of fused-ring (bicyclic) bond motifs is 3. The Labute approximate surface area is 114 Å². The largest absolute Gasteiger partial charge is 0.388 e. The maximum atomic E-state index is 11.4. The number of hydrogen-bond acceptors (Lipinski definition) is 2. The first kappa shape index (κ1) is 11.5. The third-order valence-corrected chi connectivity index (χ3v) is 5.99. The van der Waals surface area contributed by atoms with Crippen molar-refractivity contribution in [3.05, 3.63) is 35.4 Å². The number of benzene rings is 1. The highest BCUT2D eigenvalue weighted by atomic mass is 16.3. The third kappa shape index (κ3) is 1.25. The van der Waals surface area contributed by atoms with E-state index >= 15 is 0 Å². The molecule has 3 aliphatic carbocycles. The van der Waals surface area contributed by atoms with Gasteiger partial charge in [0.15, 0.2) is 0 Å². The molecule has 2 bridgehead atoms. The highest BCUT2D eigenvalue weighted by molar-refractivity contribution is 5.48. The third-order valence-electron chi connectivity index (χ3n) is 5.99.